The molecule has 1 aliphatic heterocycles. The standard InChI is InChI=1S/C19H20O/c1-2-14-12-13-15-8-6-7-11-17(15)19(18(14)20-19)16-9-4-3-5-10-16/h3-11,14,18H,2,12-13H2,1H3/t14?,18-,19+/m0/s1. The maximum Gasteiger partial charge on any atom is 0.145 e. The summed E-state index contributed by atoms with van der Waals surface area (Å²) in [5.74, 6) is 0.669. The van der Waals surface area contributed by atoms with Crippen LogP contribution in [-0.4, -0.2) is 6.10 Å². The predicted molar refractivity (Wildman–Crippen MR) is 80.6 cm³/mol. The summed E-state index contributed by atoms with van der Waals surface area (Å²) in [5.41, 5.74) is 4.01. The molecule has 1 unspecified atom stereocenters. The van der Waals surface area contributed by atoms with Gasteiger partial charge in [-0.1, -0.05) is 67.9 Å². The van der Waals surface area contributed by atoms with Gasteiger partial charge >= 0.3 is 0 Å². The van der Waals surface area contributed by atoms with Crippen LogP contribution in [-0.2, 0) is 16.8 Å². The highest BCUT2D eigenvalue weighted by molar-refractivity contribution is 5.48. The smallest absolute Gasteiger partial charge is 0.145 e. The van der Waals surface area contributed by atoms with Crippen molar-refractivity contribution in [1.29, 1.82) is 0 Å². The van der Waals surface area contributed by atoms with Gasteiger partial charge in [0.2, 0.25) is 0 Å². The van der Waals surface area contributed by atoms with Crippen LogP contribution in [0.15, 0.2) is 54.6 Å². The van der Waals surface area contributed by atoms with Crippen LogP contribution in [0.4, 0.5) is 0 Å². The second-order valence-electron chi connectivity index (χ2n) is 6.00. The van der Waals surface area contributed by atoms with Gasteiger partial charge in [-0.15, -0.1) is 0 Å². The Morgan fingerprint density at radius 3 is 2.60 bits per heavy atom. The summed E-state index contributed by atoms with van der Waals surface area (Å²) in [7, 11) is 0. The Morgan fingerprint density at radius 2 is 1.80 bits per heavy atom. The van der Waals surface area contributed by atoms with Crippen molar-refractivity contribution >= 4 is 0 Å². The number of hydrogen-bond donors (Lipinski definition) is 0. The lowest BCUT2D eigenvalue weighted by Crippen LogP contribution is -2.18. The van der Waals surface area contributed by atoms with Crippen LogP contribution in [0.2, 0.25) is 0 Å². The average Bonchev–Trinajstić information content (AvgIpc) is 3.26. The zero-order chi connectivity index (χ0) is 13.6. The molecule has 0 aromatic heterocycles. The second-order valence-corrected chi connectivity index (χ2v) is 6.00. The molecule has 1 nitrogen and oxygen atoms in total. The van der Waals surface area contributed by atoms with Gasteiger partial charge in [-0.3, -0.25) is 0 Å². The molecule has 1 fully saturated rings. The first kappa shape index (κ1) is 12.2. The van der Waals surface area contributed by atoms with E-state index in [4.69, 9.17) is 4.74 Å². The van der Waals surface area contributed by atoms with Crippen molar-refractivity contribution in [1.82, 2.24) is 0 Å². The molecule has 20 heavy (non-hydrogen) atoms. The van der Waals surface area contributed by atoms with Gasteiger partial charge in [-0.2, -0.15) is 0 Å². The molecule has 0 bridgehead atoms. The van der Waals surface area contributed by atoms with Gasteiger partial charge in [0.25, 0.3) is 0 Å². The average molecular weight is 264 g/mol. The first-order chi connectivity index (χ1) is 9.86. The summed E-state index contributed by atoms with van der Waals surface area (Å²) >= 11 is 0. The third-order valence-electron chi connectivity index (χ3n) is 5.01. The van der Waals surface area contributed by atoms with Crippen LogP contribution in [0.25, 0.3) is 0 Å². The van der Waals surface area contributed by atoms with Gasteiger partial charge in [-0.25, -0.2) is 0 Å². The minimum atomic E-state index is -0.172. The van der Waals surface area contributed by atoms with Crippen molar-refractivity contribution in [3.05, 3.63) is 71.3 Å². The number of rotatable bonds is 2. The number of benzene rings is 2. The first-order valence-electron chi connectivity index (χ1n) is 7.68. The lowest BCUT2D eigenvalue weighted by Gasteiger charge is -2.16. The predicted octanol–water partition coefficient (Wildman–Crippen LogP) is 4.30. The van der Waals surface area contributed by atoms with E-state index in [1.807, 2.05) is 0 Å². The molecule has 1 aliphatic carbocycles. The van der Waals surface area contributed by atoms with Crippen LogP contribution < -0.4 is 0 Å². The third kappa shape index (κ3) is 1.59. The van der Waals surface area contributed by atoms with Crippen molar-refractivity contribution in [2.75, 3.05) is 0 Å². The van der Waals surface area contributed by atoms with Crippen molar-refractivity contribution in [2.45, 2.75) is 37.9 Å². The zero-order valence-electron chi connectivity index (χ0n) is 11.9. The molecule has 0 amide bonds. The molecular weight excluding hydrogens is 244 g/mol. The molecule has 2 aromatic rings. The van der Waals surface area contributed by atoms with E-state index in [-0.39, 0.29) is 5.60 Å². The minimum Gasteiger partial charge on any atom is -0.355 e. The molecule has 0 spiro atoms. The molecule has 2 aromatic carbocycles. The molecule has 102 valence electrons. The van der Waals surface area contributed by atoms with E-state index in [1.54, 1.807) is 0 Å². The Morgan fingerprint density at radius 1 is 1.05 bits per heavy atom. The van der Waals surface area contributed by atoms with E-state index in [0.29, 0.717) is 12.0 Å². The summed E-state index contributed by atoms with van der Waals surface area (Å²) in [6.07, 6.45) is 3.99. The minimum absolute atomic E-state index is 0.172. The zero-order valence-corrected chi connectivity index (χ0v) is 11.9. The van der Waals surface area contributed by atoms with Gasteiger partial charge < -0.3 is 4.74 Å². The van der Waals surface area contributed by atoms with Gasteiger partial charge in [0.15, 0.2) is 0 Å². The van der Waals surface area contributed by atoms with Crippen molar-refractivity contribution in [2.24, 2.45) is 5.92 Å². The maximum absolute atomic E-state index is 6.36. The molecule has 1 heteroatoms. The van der Waals surface area contributed by atoms with Gasteiger partial charge in [0.05, 0.1) is 6.10 Å². The normalized spacial score (nSPS) is 31.1. The number of fused-ring (bicyclic) bond motifs is 3. The Bertz CT molecular complexity index is 619. The highest BCUT2D eigenvalue weighted by Gasteiger charge is 2.62. The fraction of sp³-hybridized carbons (Fsp3) is 0.368. The Balaban J connectivity index is 1.89. The van der Waals surface area contributed by atoms with Crippen LogP contribution in [0.5, 0.6) is 0 Å². The molecule has 1 heterocycles. The number of hydrogen-bond acceptors (Lipinski definition) is 1. The number of ether oxygens (including phenoxy) is 1. The molecule has 0 saturated carbocycles. The third-order valence-corrected chi connectivity index (χ3v) is 5.01. The Kier molecular flexibility index (Phi) is 2.71. The van der Waals surface area contributed by atoms with Crippen molar-refractivity contribution in [3.63, 3.8) is 0 Å². The van der Waals surface area contributed by atoms with Crippen LogP contribution in [0, 0.1) is 5.92 Å². The molecular formula is C19H20O. The monoisotopic (exact) mass is 264 g/mol. The summed E-state index contributed by atoms with van der Waals surface area (Å²) in [4.78, 5) is 0. The fourth-order valence-corrected chi connectivity index (χ4v) is 3.90. The van der Waals surface area contributed by atoms with E-state index < -0.39 is 0 Å². The molecule has 2 aliphatic rings. The van der Waals surface area contributed by atoms with E-state index in [9.17, 15) is 0 Å². The molecule has 1 saturated heterocycles. The topological polar surface area (TPSA) is 12.5 Å². The Labute approximate surface area is 120 Å². The largest absolute Gasteiger partial charge is 0.355 e. The van der Waals surface area contributed by atoms with Crippen molar-refractivity contribution < 1.29 is 4.74 Å². The summed E-state index contributed by atoms with van der Waals surface area (Å²) < 4.78 is 6.36. The van der Waals surface area contributed by atoms with E-state index >= 15 is 0 Å². The van der Waals surface area contributed by atoms with Gasteiger partial charge in [0, 0.05) is 0 Å². The summed E-state index contributed by atoms with van der Waals surface area (Å²) in [6.45, 7) is 2.29. The van der Waals surface area contributed by atoms with E-state index in [0.717, 1.165) is 0 Å². The highest BCUT2D eigenvalue weighted by Crippen LogP contribution is 2.58. The number of epoxide rings is 1. The molecule has 3 atom stereocenters. The summed E-state index contributed by atoms with van der Waals surface area (Å²) in [6, 6.07) is 19.6. The SMILES string of the molecule is CCC1CCc2ccccc2[C@@]2(c3ccccc3)O[C@@H]12. The molecule has 0 radical (unpaired) electrons. The van der Waals surface area contributed by atoms with Crippen LogP contribution >= 0.6 is 0 Å². The second kappa shape index (κ2) is 4.46. The quantitative estimate of drug-likeness (QED) is 0.737. The van der Waals surface area contributed by atoms with E-state index in [2.05, 4.69) is 61.5 Å². The lowest BCUT2D eigenvalue weighted by atomic mass is 9.83. The Hall–Kier alpha value is -1.60. The maximum atomic E-state index is 6.36. The van der Waals surface area contributed by atoms with Gasteiger partial charge in [-0.05, 0) is 35.4 Å². The fourth-order valence-electron chi connectivity index (χ4n) is 3.90. The van der Waals surface area contributed by atoms with E-state index in [1.165, 1.54) is 36.0 Å². The van der Waals surface area contributed by atoms with Crippen LogP contribution in [0.3, 0.4) is 0 Å². The highest BCUT2D eigenvalue weighted by atomic mass is 16.6. The van der Waals surface area contributed by atoms with Crippen LogP contribution in [0.1, 0.15) is 36.5 Å². The first-order valence-corrected chi connectivity index (χ1v) is 7.68. The number of aryl methyl sites for hydroxylation is 1. The summed E-state index contributed by atoms with van der Waals surface area (Å²) in [5, 5.41) is 0. The molecule has 0 N–H and O–H groups in total. The van der Waals surface area contributed by atoms with Crippen molar-refractivity contribution in [3.8, 4) is 0 Å². The van der Waals surface area contributed by atoms with Gasteiger partial charge in [0.1, 0.15) is 5.60 Å². The lowest BCUT2D eigenvalue weighted by molar-refractivity contribution is 0.277. The molecule has 4 rings (SSSR count).